The van der Waals surface area contributed by atoms with E-state index in [1.807, 2.05) is 20.8 Å². The van der Waals surface area contributed by atoms with E-state index in [-0.39, 0.29) is 26.8 Å². The summed E-state index contributed by atoms with van der Waals surface area (Å²) in [6, 6.07) is 10.8. The summed E-state index contributed by atoms with van der Waals surface area (Å²) in [6.07, 6.45) is 0.475. The molecule has 0 unspecified atom stereocenters. The van der Waals surface area contributed by atoms with Crippen LogP contribution in [-0.4, -0.2) is 9.55 Å². The lowest BCUT2D eigenvalue weighted by Crippen LogP contribution is -2.15. The standard InChI is InChI=1S/C21H17Cl2F2N3/c1-21(2,3)10-18-27-16(11-26)20(12-7-8-15(24)14(23)9-12)28(18)17-6-4-5-13(22)19(17)25/h4-9H,10H2,1-3H3. The summed E-state index contributed by atoms with van der Waals surface area (Å²) < 4.78 is 30.1. The largest absolute Gasteiger partial charge is 0.292 e. The van der Waals surface area contributed by atoms with Crippen molar-refractivity contribution in [3.8, 4) is 23.0 Å². The van der Waals surface area contributed by atoms with Gasteiger partial charge in [0.05, 0.1) is 21.4 Å². The number of halogens is 4. The fraction of sp³-hybridized carbons (Fsp3) is 0.238. The van der Waals surface area contributed by atoms with Crippen molar-refractivity contribution in [3.63, 3.8) is 0 Å². The Bertz CT molecular complexity index is 1090. The summed E-state index contributed by atoms with van der Waals surface area (Å²) in [6.45, 7) is 6.04. The molecule has 0 aliphatic rings. The molecule has 1 aromatic heterocycles. The third-order valence-corrected chi connectivity index (χ3v) is 4.69. The maximum Gasteiger partial charge on any atom is 0.167 e. The normalized spacial score (nSPS) is 11.5. The molecule has 0 N–H and O–H groups in total. The predicted octanol–water partition coefficient (Wildman–Crippen LogP) is 6.58. The minimum absolute atomic E-state index is 0.0468. The van der Waals surface area contributed by atoms with Crippen molar-refractivity contribution < 1.29 is 8.78 Å². The molecule has 2 aromatic carbocycles. The van der Waals surface area contributed by atoms with Gasteiger partial charge in [-0.15, -0.1) is 0 Å². The molecular weight excluding hydrogens is 403 g/mol. The quantitative estimate of drug-likeness (QED) is 0.480. The van der Waals surface area contributed by atoms with Crippen LogP contribution >= 0.6 is 23.2 Å². The van der Waals surface area contributed by atoms with Gasteiger partial charge in [-0.1, -0.05) is 50.0 Å². The van der Waals surface area contributed by atoms with Crippen LogP contribution in [0.1, 0.15) is 32.3 Å². The summed E-state index contributed by atoms with van der Waals surface area (Å²) in [4.78, 5) is 4.44. The zero-order valence-electron chi connectivity index (χ0n) is 15.5. The van der Waals surface area contributed by atoms with Crippen molar-refractivity contribution in [1.82, 2.24) is 9.55 Å². The third kappa shape index (κ3) is 3.89. The Labute approximate surface area is 172 Å². The lowest BCUT2D eigenvalue weighted by Gasteiger charge is -2.20. The van der Waals surface area contributed by atoms with Gasteiger partial charge in [-0.25, -0.2) is 13.8 Å². The van der Waals surface area contributed by atoms with Crippen LogP contribution in [0.5, 0.6) is 0 Å². The van der Waals surface area contributed by atoms with Crippen LogP contribution in [0.15, 0.2) is 36.4 Å². The van der Waals surface area contributed by atoms with Crippen LogP contribution in [0.2, 0.25) is 10.0 Å². The van der Waals surface area contributed by atoms with Gasteiger partial charge >= 0.3 is 0 Å². The zero-order chi connectivity index (χ0) is 20.6. The minimum Gasteiger partial charge on any atom is -0.292 e. The maximum atomic E-state index is 14.9. The molecule has 1 heterocycles. The molecule has 0 amide bonds. The van der Waals surface area contributed by atoms with Gasteiger partial charge in [0.1, 0.15) is 17.7 Å². The number of nitrogens with zero attached hydrogens (tertiary/aromatic N) is 3. The second-order valence-corrected chi connectivity index (χ2v) is 8.43. The molecule has 0 radical (unpaired) electrons. The van der Waals surface area contributed by atoms with Crippen molar-refractivity contribution >= 4 is 23.2 Å². The van der Waals surface area contributed by atoms with Crippen molar-refractivity contribution in [2.45, 2.75) is 27.2 Å². The van der Waals surface area contributed by atoms with E-state index in [1.54, 1.807) is 16.7 Å². The van der Waals surface area contributed by atoms with E-state index in [0.717, 1.165) is 0 Å². The van der Waals surface area contributed by atoms with Gasteiger partial charge in [-0.05, 0) is 35.7 Å². The summed E-state index contributed by atoms with van der Waals surface area (Å²) in [5.41, 5.74) is 0.875. The monoisotopic (exact) mass is 419 g/mol. The number of nitriles is 1. The van der Waals surface area contributed by atoms with Crippen LogP contribution < -0.4 is 0 Å². The Morgan fingerprint density at radius 2 is 1.82 bits per heavy atom. The molecule has 0 aliphatic heterocycles. The van der Waals surface area contributed by atoms with Crippen molar-refractivity contribution in [2.75, 3.05) is 0 Å². The average molecular weight is 420 g/mol. The molecule has 0 spiro atoms. The van der Waals surface area contributed by atoms with Crippen LogP contribution in [0, 0.1) is 28.4 Å². The van der Waals surface area contributed by atoms with E-state index >= 15 is 0 Å². The summed E-state index contributed by atoms with van der Waals surface area (Å²) >= 11 is 11.9. The number of imidazole rings is 1. The Morgan fingerprint density at radius 1 is 1.11 bits per heavy atom. The fourth-order valence-electron chi connectivity index (χ4n) is 2.97. The molecule has 7 heteroatoms. The molecule has 3 nitrogen and oxygen atoms in total. The third-order valence-electron chi connectivity index (χ3n) is 4.11. The first-order chi connectivity index (χ1) is 13.1. The molecule has 3 aromatic rings. The zero-order valence-corrected chi connectivity index (χ0v) is 17.0. The van der Waals surface area contributed by atoms with E-state index in [2.05, 4.69) is 11.1 Å². The summed E-state index contributed by atoms with van der Waals surface area (Å²) in [5, 5.41) is 9.51. The first kappa shape index (κ1) is 20.3. The molecule has 144 valence electrons. The van der Waals surface area contributed by atoms with Gasteiger partial charge in [0.15, 0.2) is 11.5 Å². The van der Waals surface area contributed by atoms with Crippen molar-refractivity contribution in [1.29, 1.82) is 5.26 Å². The van der Waals surface area contributed by atoms with Crippen LogP contribution in [0.3, 0.4) is 0 Å². The van der Waals surface area contributed by atoms with Crippen LogP contribution in [0.4, 0.5) is 8.78 Å². The van der Waals surface area contributed by atoms with Gasteiger partial charge in [-0.2, -0.15) is 5.26 Å². The van der Waals surface area contributed by atoms with E-state index in [0.29, 0.717) is 23.5 Å². The molecule has 0 saturated heterocycles. The van der Waals surface area contributed by atoms with E-state index in [1.165, 1.54) is 24.3 Å². The van der Waals surface area contributed by atoms with Crippen LogP contribution in [0.25, 0.3) is 16.9 Å². The van der Waals surface area contributed by atoms with Gasteiger partial charge in [0.2, 0.25) is 0 Å². The SMILES string of the molecule is CC(C)(C)Cc1nc(C#N)c(-c2ccc(F)c(Cl)c2)n1-c1cccc(Cl)c1F. The Kier molecular flexibility index (Phi) is 5.47. The van der Waals surface area contributed by atoms with E-state index in [4.69, 9.17) is 23.2 Å². The summed E-state index contributed by atoms with van der Waals surface area (Å²) in [5.74, 6) is -0.713. The highest BCUT2D eigenvalue weighted by molar-refractivity contribution is 6.31. The molecule has 0 fully saturated rings. The van der Waals surface area contributed by atoms with Crippen molar-refractivity contribution in [3.05, 3.63) is 69.6 Å². The first-order valence-electron chi connectivity index (χ1n) is 8.54. The average Bonchev–Trinajstić information content (AvgIpc) is 2.96. The summed E-state index contributed by atoms with van der Waals surface area (Å²) in [7, 11) is 0. The molecule has 0 atom stereocenters. The van der Waals surface area contributed by atoms with Gasteiger partial charge in [0.25, 0.3) is 0 Å². The fourth-order valence-corrected chi connectivity index (χ4v) is 3.32. The number of hydrogen-bond donors (Lipinski definition) is 0. The number of aromatic nitrogens is 2. The molecule has 0 aliphatic carbocycles. The number of hydrogen-bond acceptors (Lipinski definition) is 2. The molecule has 0 saturated carbocycles. The lowest BCUT2D eigenvalue weighted by molar-refractivity contribution is 0.398. The second-order valence-electron chi connectivity index (χ2n) is 7.61. The van der Waals surface area contributed by atoms with Gasteiger partial charge in [-0.3, -0.25) is 4.57 Å². The molecule has 3 rings (SSSR count). The van der Waals surface area contributed by atoms with E-state index in [9.17, 15) is 14.0 Å². The van der Waals surface area contributed by atoms with Gasteiger partial charge < -0.3 is 0 Å². The lowest BCUT2D eigenvalue weighted by atomic mass is 9.92. The minimum atomic E-state index is -0.629. The molecular formula is C21H17Cl2F2N3. The van der Waals surface area contributed by atoms with Crippen molar-refractivity contribution in [2.24, 2.45) is 5.41 Å². The Hall–Kier alpha value is -2.42. The van der Waals surface area contributed by atoms with E-state index < -0.39 is 11.6 Å². The number of rotatable bonds is 3. The smallest absolute Gasteiger partial charge is 0.167 e. The highest BCUT2D eigenvalue weighted by atomic mass is 35.5. The molecule has 28 heavy (non-hydrogen) atoms. The highest BCUT2D eigenvalue weighted by Crippen LogP contribution is 2.35. The van der Waals surface area contributed by atoms with Gasteiger partial charge in [0, 0.05) is 12.0 Å². The number of benzene rings is 2. The Morgan fingerprint density at radius 3 is 2.43 bits per heavy atom. The first-order valence-corrected chi connectivity index (χ1v) is 9.29. The topological polar surface area (TPSA) is 41.6 Å². The second kappa shape index (κ2) is 7.54. The Balaban J connectivity index is 2.39. The van der Waals surface area contributed by atoms with Crippen LogP contribution in [-0.2, 0) is 6.42 Å². The maximum absolute atomic E-state index is 14.9. The predicted molar refractivity (Wildman–Crippen MR) is 107 cm³/mol. The molecule has 0 bridgehead atoms. The highest BCUT2D eigenvalue weighted by Gasteiger charge is 2.26.